The van der Waals surface area contributed by atoms with Crippen LogP contribution >= 0.6 is 0 Å². The summed E-state index contributed by atoms with van der Waals surface area (Å²) in [5, 5.41) is 0. The van der Waals surface area contributed by atoms with Gasteiger partial charge in [0.25, 0.3) is 0 Å². The van der Waals surface area contributed by atoms with Crippen LogP contribution in [-0.2, 0) is 11.3 Å². The highest BCUT2D eigenvalue weighted by Crippen LogP contribution is 2.21. The Kier molecular flexibility index (Phi) is 5.97. The highest BCUT2D eigenvalue weighted by atomic mass is 16.6. The zero-order valence-electron chi connectivity index (χ0n) is 15.7. The number of likely N-dealkylation sites (N-methyl/N-ethyl adjacent to an activating group) is 2. The molecule has 2 fully saturated rings. The number of nitrogens with one attached hydrogen (secondary N) is 2. The van der Waals surface area contributed by atoms with E-state index in [0.29, 0.717) is 6.61 Å². The Bertz CT molecular complexity index is 559. The lowest BCUT2D eigenvalue weighted by molar-refractivity contribution is -0.917. The molecular formula is C20H33N3O2+2. The third-order valence-corrected chi connectivity index (χ3v) is 5.96. The van der Waals surface area contributed by atoms with E-state index in [1.165, 1.54) is 43.8 Å². The quantitative estimate of drug-likeness (QED) is 0.786. The highest BCUT2D eigenvalue weighted by molar-refractivity contribution is 5.68. The summed E-state index contributed by atoms with van der Waals surface area (Å²) in [6.07, 6.45) is 4.71. The first kappa shape index (κ1) is 18.2. The standard InChI is InChI=1S/C20H31N3O2/c1-21-12-8-11-20(16-21,17-23-13-6-7-14-23)22(2)19(24)25-15-18-9-4-3-5-10-18/h3-5,9-10H,6-8,11-17H2,1-2H3/p+2/t20-/m0/s1. The van der Waals surface area contributed by atoms with Crippen molar-refractivity contribution in [2.24, 2.45) is 0 Å². The molecule has 0 radical (unpaired) electrons. The van der Waals surface area contributed by atoms with Crippen LogP contribution in [0.3, 0.4) is 0 Å². The second-order valence-electron chi connectivity index (χ2n) is 7.94. The zero-order valence-corrected chi connectivity index (χ0v) is 15.7. The molecule has 1 amide bonds. The molecular weight excluding hydrogens is 314 g/mol. The van der Waals surface area contributed by atoms with E-state index >= 15 is 0 Å². The first-order valence-corrected chi connectivity index (χ1v) is 9.68. The third kappa shape index (κ3) is 4.53. The van der Waals surface area contributed by atoms with Crippen LogP contribution in [0.4, 0.5) is 4.79 Å². The van der Waals surface area contributed by atoms with Crippen molar-refractivity contribution in [1.82, 2.24) is 4.90 Å². The van der Waals surface area contributed by atoms with Crippen molar-refractivity contribution < 1.29 is 19.3 Å². The monoisotopic (exact) mass is 347 g/mol. The fourth-order valence-corrected chi connectivity index (χ4v) is 4.54. The molecule has 1 aromatic rings. The van der Waals surface area contributed by atoms with Gasteiger partial charge in [0.15, 0.2) is 0 Å². The van der Waals surface area contributed by atoms with Gasteiger partial charge >= 0.3 is 6.09 Å². The largest absolute Gasteiger partial charge is 0.445 e. The number of hydrogen-bond acceptors (Lipinski definition) is 2. The normalized spacial score (nSPS) is 27.2. The van der Waals surface area contributed by atoms with E-state index in [-0.39, 0.29) is 11.6 Å². The molecule has 2 aliphatic heterocycles. The summed E-state index contributed by atoms with van der Waals surface area (Å²) < 4.78 is 5.64. The Morgan fingerprint density at radius 2 is 1.88 bits per heavy atom. The zero-order chi connectivity index (χ0) is 17.7. The summed E-state index contributed by atoms with van der Waals surface area (Å²) in [4.78, 5) is 17.9. The number of amides is 1. The van der Waals surface area contributed by atoms with Crippen LogP contribution in [0.5, 0.6) is 0 Å². The van der Waals surface area contributed by atoms with E-state index in [9.17, 15) is 4.79 Å². The number of quaternary nitrogens is 2. The van der Waals surface area contributed by atoms with Crippen LogP contribution in [0.15, 0.2) is 30.3 Å². The minimum absolute atomic E-state index is 0.0736. The molecule has 0 saturated carbocycles. The number of carbonyl (C=O) groups is 1. The molecule has 5 heteroatoms. The number of piperidine rings is 1. The fourth-order valence-electron chi connectivity index (χ4n) is 4.54. The number of likely N-dealkylation sites (tertiary alicyclic amines) is 2. The molecule has 0 spiro atoms. The van der Waals surface area contributed by atoms with Gasteiger partial charge in [0.05, 0.1) is 26.7 Å². The number of benzene rings is 1. The van der Waals surface area contributed by atoms with E-state index in [4.69, 9.17) is 4.74 Å². The van der Waals surface area contributed by atoms with E-state index in [0.717, 1.165) is 25.1 Å². The summed E-state index contributed by atoms with van der Waals surface area (Å²) in [5.41, 5.74) is 0.963. The molecule has 2 atom stereocenters. The second-order valence-corrected chi connectivity index (χ2v) is 7.94. The highest BCUT2D eigenvalue weighted by Gasteiger charge is 2.47. The molecule has 0 bridgehead atoms. The number of ether oxygens (including phenoxy) is 1. The second kappa shape index (κ2) is 8.19. The lowest BCUT2D eigenvalue weighted by Gasteiger charge is -2.44. The lowest BCUT2D eigenvalue weighted by atomic mass is 9.87. The summed E-state index contributed by atoms with van der Waals surface area (Å²) in [5.74, 6) is 0. The molecule has 2 heterocycles. The average Bonchev–Trinajstić information content (AvgIpc) is 3.12. The maximum Gasteiger partial charge on any atom is 0.410 e. The molecule has 25 heavy (non-hydrogen) atoms. The van der Waals surface area contributed by atoms with Gasteiger partial charge in [0.1, 0.15) is 25.2 Å². The van der Waals surface area contributed by atoms with E-state index in [2.05, 4.69) is 7.05 Å². The topological polar surface area (TPSA) is 38.4 Å². The predicted octanol–water partition coefficient (Wildman–Crippen LogP) is -0.0190. The smallest absolute Gasteiger partial charge is 0.410 e. The van der Waals surface area contributed by atoms with Crippen molar-refractivity contribution in [1.29, 1.82) is 0 Å². The molecule has 138 valence electrons. The Morgan fingerprint density at radius 1 is 1.16 bits per heavy atom. The predicted molar refractivity (Wildman–Crippen MR) is 97.8 cm³/mol. The Labute approximate surface area is 151 Å². The summed E-state index contributed by atoms with van der Waals surface area (Å²) in [6.45, 7) is 6.11. The van der Waals surface area contributed by atoms with Crippen molar-refractivity contribution in [3.8, 4) is 0 Å². The fraction of sp³-hybridized carbons (Fsp3) is 0.650. The third-order valence-electron chi connectivity index (χ3n) is 5.96. The van der Waals surface area contributed by atoms with Crippen molar-refractivity contribution in [2.45, 2.75) is 37.8 Å². The Hall–Kier alpha value is -1.59. The molecule has 0 aliphatic carbocycles. The Balaban J connectivity index is 1.66. The van der Waals surface area contributed by atoms with Gasteiger partial charge in [-0.25, -0.2) is 4.79 Å². The maximum atomic E-state index is 12.8. The first-order chi connectivity index (χ1) is 12.1. The van der Waals surface area contributed by atoms with Gasteiger partial charge in [-0.1, -0.05) is 30.3 Å². The van der Waals surface area contributed by atoms with Crippen LogP contribution in [0.25, 0.3) is 0 Å². The Morgan fingerprint density at radius 3 is 2.56 bits per heavy atom. The van der Waals surface area contributed by atoms with Crippen molar-refractivity contribution >= 4 is 6.09 Å². The van der Waals surface area contributed by atoms with Crippen LogP contribution < -0.4 is 9.80 Å². The van der Waals surface area contributed by atoms with E-state index in [1.807, 2.05) is 42.3 Å². The van der Waals surface area contributed by atoms with Crippen LogP contribution in [-0.4, -0.2) is 63.4 Å². The molecule has 3 rings (SSSR count). The van der Waals surface area contributed by atoms with Gasteiger partial charge in [-0.2, -0.15) is 0 Å². The SMILES string of the molecule is CN(C(=O)OCc1ccccc1)[C@@]1(C[NH+]2CCCC2)CCC[NH+](C)C1. The average molecular weight is 348 g/mol. The number of carbonyl (C=O) groups excluding carboxylic acids is 1. The van der Waals surface area contributed by atoms with Crippen molar-refractivity contribution in [3.05, 3.63) is 35.9 Å². The minimum Gasteiger partial charge on any atom is -0.445 e. The number of nitrogens with zero attached hydrogens (tertiary/aromatic N) is 1. The van der Waals surface area contributed by atoms with Gasteiger partial charge in [-0.05, 0) is 18.4 Å². The molecule has 2 aliphatic rings. The van der Waals surface area contributed by atoms with E-state index in [1.54, 1.807) is 4.90 Å². The molecule has 1 aromatic carbocycles. The maximum absolute atomic E-state index is 12.8. The first-order valence-electron chi connectivity index (χ1n) is 9.68. The van der Waals surface area contributed by atoms with Crippen LogP contribution in [0.2, 0.25) is 0 Å². The molecule has 5 nitrogen and oxygen atoms in total. The van der Waals surface area contributed by atoms with Gasteiger partial charge in [0.2, 0.25) is 0 Å². The molecule has 2 saturated heterocycles. The van der Waals surface area contributed by atoms with Gasteiger partial charge < -0.3 is 14.5 Å². The summed E-state index contributed by atoms with van der Waals surface area (Å²) >= 11 is 0. The van der Waals surface area contributed by atoms with Crippen LogP contribution in [0.1, 0.15) is 31.2 Å². The van der Waals surface area contributed by atoms with Gasteiger partial charge in [-0.3, -0.25) is 4.90 Å². The summed E-state index contributed by atoms with van der Waals surface area (Å²) in [6, 6.07) is 9.92. The molecule has 2 N–H and O–H groups in total. The number of hydrogen-bond donors (Lipinski definition) is 2. The molecule has 0 aromatic heterocycles. The minimum atomic E-state index is -0.183. The number of rotatable bonds is 5. The van der Waals surface area contributed by atoms with Crippen molar-refractivity contribution in [2.75, 3.05) is 46.8 Å². The van der Waals surface area contributed by atoms with Crippen LogP contribution in [0, 0.1) is 0 Å². The van der Waals surface area contributed by atoms with Gasteiger partial charge in [-0.15, -0.1) is 0 Å². The lowest BCUT2D eigenvalue weighted by Crippen LogP contribution is -3.18. The van der Waals surface area contributed by atoms with Gasteiger partial charge in [0, 0.05) is 19.9 Å². The van der Waals surface area contributed by atoms with E-state index < -0.39 is 0 Å². The van der Waals surface area contributed by atoms with Crippen molar-refractivity contribution in [3.63, 3.8) is 0 Å². The summed E-state index contributed by atoms with van der Waals surface area (Å²) in [7, 11) is 4.19. The molecule has 1 unspecified atom stereocenters.